The molecule has 2 aromatic carbocycles. The molecule has 0 spiro atoms. The SMILES string of the molecule is CC(C)SCC(=O)NCC(=O)N[C@@H](CCC(=O)O)C(=O)Nc1ccc(COC(=O)N(C)CCN(C)C(=O)OCC(=O)[C@@]23O[C@H](c4ccc(CC56CC(N)(C5)C6)cc4)O[C@@H]2C[C@H]2[C@@H]4CCC5=CC(=O)C=C[C@]5(C)[C@H]4[C@@H](O)C[C@@]23C)cc1. The van der Waals surface area contributed by atoms with Crippen molar-refractivity contribution in [2.75, 3.05) is 51.4 Å². The van der Waals surface area contributed by atoms with E-state index in [0.717, 1.165) is 43.2 Å². The summed E-state index contributed by atoms with van der Waals surface area (Å²) in [7, 11) is 3.00. The number of nitrogens with zero attached hydrogens (tertiary/aromatic N) is 2. The zero-order valence-corrected chi connectivity index (χ0v) is 47.3. The average molecular weight is 1130 g/mol. The largest absolute Gasteiger partial charge is 0.481 e. The molecule has 2 bridgehead atoms. The molecule has 1 saturated heterocycles. The van der Waals surface area contributed by atoms with Crippen molar-refractivity contribution in [2.24, 2.45) is 39.7 Å². The van der Waals surface area contributed by atoms with Crippen molar-refractivity contribution in [1.82, 2.24) is 20.4 Å². The van der Waals surface area contributed by atoms with E-state index in [1.807, 2.05) is 39.0 Å². The van der Waals surface area contributed by atoms with Crippen molar-refractivity contribution < 1.29 is 67.5 Å². The van der Waals surface area contributed by atoms with Gasteiger partial charge >= 0.3 is 18.2 Å². The van der Waals surface area contributed by atoms with Crippen molar-refractivity contribution in [3.05, 3.63) is 89.0 Å². The smallest absolute Gasteiger partial charge is 0.409 e. The molecule has 0 radical (unpaired) electrons. The molecule has 5 amide bonds. The van der Waals surface area contributed by atoms with Crippen molar-refractivity contribution in [1.29, 1.82) is 0 Å². The molecule has 6 saturated carbocycles. The van der Waals surface area contributed by atoms with E-state index in [1.165, 1.54) is 41.2 Å². The Balaban J connectivity index is 0.779. The van der Waals surface area contributed by atoms with E-state index >= 15 is 4.79 Å². The van der Waals surface area contributed by atoms with Gasteiger partial charge < -0.3 is 60.6 Å². The summed E-state index contributed by atoms with van der Waals surface area (Å²) in [6.07, 6.45) is 6.96. The van der Waals surface area contributed by atoms with Crippen molar-refractivity contribution in [3.8, 4) is 0 Å². The highest BCUT2D eigenvalue weighted by molar-refractivity contribution is 8.00. The molecule has 7 aliphatic carbocycles. The zero-order chi connectivity index (χ0) is 57.5. The van der Waals surface area contributed by atoms with Gasteiger partial charge in [0.05, 0.1) is 24.5 Å². The summed E-state index contributed by atoms with van der Waals surface area (Å²) in [6, 6.07) is 13.3. The van der Waals surface area contributed by atoms with E-state index in [9.17, 15) is 43.8 Å². The van der Waals surface area contributed by atoms with Crippen molar-refractivity contribution in [2.45, 2.75) is 139 Å². The second-order valence-electron chi connectivity index (χ2n) is 24.3. The first-order chi connectivity index (χ1) is 37.8. The van der Waals surface area contributed by atoms with Crippen molar-refractivity contribution >= 4 is 64.9 Å². The Morgan fingerprint density at radius 1 is 0.912 bits per heavy atom. The van der Waals surface area contributed by atoms with Crippen LogP contribution in [0.3, 0.4) is 0 Å². The summed E-state index contributed by atoms with van der Waals surface area (Å²) < 4.78 is 25.1. The molecule has 8 aliphatic rings. The number of aliphatic carboxylic acids is 1. The number of carbonyl (C=O) groups is 8. The fourth-order valence-corrected chi connectivity index (χ4v) is 15.1. The highest BCUT2D eigenvalue weighted by atomic mass is 32.2. The minimum atomic E-state index is -1.57. The first kappa shape index (κ1) is 58.5. The van der Waals surface area contributed by atoms with E-state index in [0.29, 0.717) is 24.1 Å². The highest BCUT2D eigenvalue weighted by Gasteiger charge is 2.76. The summed E-state index contributed by atoms with van der Waals surface area (Å²) in [5.74, 6) is -3.48. The van der Waals surface area contributed by atoms with E-state index < -0.39 is 89.8 Å². The molecule has 432 valence electrons. The van der Waals surface area contributed by atoms with Gasteiger partial charge in [-0.15, -0.1) is 11.8 Å². The quantitative estimate of drug-likeness (QED) is 0.0836. The molecular weight excluding hydrogens is 1050 g/mol. The van der Waals surface area contributed by atoms with E-state index in [-0.39, 0.29) is 90.5 Å². The summed E-state index contributed by atoms with van der Waals surface area (Å²) >= 11 is 1.41. The standard InChI is InChI=1S/C59H76N6O14S/c1-34(2)80-30-48(70)61-27-47(69)63-43(17-18-49(71)72)51(73)62-39-14-9-36(10-15-39)28-76-53(74)64(5)21-22-65(6)54(75)77-29-45(68)59-46(78-52(79-59)37-11-7-35(8-12-37)25-57-31-58(60,32-57)33-57)24-42-41-16-13-38-23-40(66)19-20-55(38,3)50(41)44(67)26-56(42,59)4/h7-12,14-15,19-20,23,34,41-44,46,50,52,67H,13,16-18,21-22,24-33,60H2,1-6H3,(H,61,70)(H,62,73)(H,63,69)(H,71,72)/t41-,42-,43-,44-,46+,50+,52+,55-,56-,57?,58?,59+/m0/s1. The normalized spacial score (nSPS) is 31.6. The lowest BCUT2D eigenvalue weighted by molar-refractivity contribution is -0.201. The molecular formula is C59H76N6O14S. The number of nitrogens with one attached hydrogen (secondary N) is 3. The number of hydrogen-bond acceptors (Lipinski definition) is 15. The molecule has 21 heteroatoms. The Morgan fingerprint density at radius 3 is 2.23 bits per heavy atom. The van der Waals surface area contributed by atoms with Crippen LogP contribution in [0.2, 0.25) is 0 Å². The molecule has 7 N–H and O–H groups in total. The van der Waals surface area contributed by atoms with Crippen molar-refractivity contribution in [3.63, 3.8) is 0 Å². The monoisotopic (exact) mass is 1120 g/mol. The molecule has 2 aromatic rings. The number of carboxylic acid groups (broad SMARTS) is 1. The predicted molar refractivity (Wildman–Crippen MR) is 294 cm³/mol. The van der Waals surface area contributed by atoms with Crippen LogP contribution in [-0.2, 0) is 60.7 Å². The number of hydrogen-bond donors (Lipinski definition) is 6. The maximum absolute atomic E-state index is 15.1. The number of likely N-dealkylation sites (N-methyl/N-ethyl adjacent to an activating group) is 2. The number of allylic oxidation sites excluding steroid dienone is 4. The first-order valence-electron chi connectivity index (χ1n) is 27.8. The maximum atomic E-state index is 15.1. The number of Topliss-reactive ketones (excluding diaryl/α,β-unsaturated/α-hetero) is 1. The third-order valence-electron chi connectivity index (χ3n) is 18.3. The maximum Gasteiger partial charge on any atom is 0.409 e. The van der Waals surface area contributed by atoms with E-state index in [2.05, 4.69) is 35.0 Å². The zero-order valence-electron chi connectivity index (χ0n) is 46.5. The van der Waals surface area contributed by atoms with Crippen LogP contribution in [0, 0.1) is 34.0 Å². The molecule has 10 rings (SSSR count). The summed E-state index contributed by atoms with van der Waals surface area (Å²) in [4.78, 5) is 106. The fraction of sp³-hybridized carbons (Fsp3) is 0.593. The average Bonchev–Trinajstić information content (AvgIpc) is 3.91. The van der Waals surface area contributed by atoms with Gasteiger partial charge in [0, 0.05) is 67.1 Å². The Hall–Kier alpha value is -6.13. The van der Waals surface area contributed by atoms with Crippen LogP contribution in [0.5, 0.6) is 0 Å². The number of amides is 5. The van der Waals surface area contributed by atoms with Gasteiger partial charge in [-0.05, 0) is 116 Å². The van der Waals surface area contributed by atoms with Crippen LogP contribution in [-0.4, -0.2) is 148 Å². The minimum Gasteiger partial charge on any atom is -0.481 e. The fourth-order valence-electron chi connectivity index (χ4n) is 14.5. The number of nitrogens with two attached hydrogens (primary N) is 1. The number of carboxylic acids is 1. The number of aliphatic hydroxyl groups excluding tert-OH is 1. The van der Waals surface area contributed by atoms with Gasteiger partial charge in [-0.1, -0.05) is 75.7 Å². The molecule has 80 heavy (non-hydrogen) atoms. The summed E-state index contributed by atoms with van der Waals surface area (Å²) in [6.45, 7) is 6.91. The Kier molecular flexibility index (Phi) is 16.8. The van der Waals surface area contributed by atoms with Crippen LogP contribution in [0.4, 0.5) is 15.3 Å². The predicted octanol–water partition coefficient (Wildman–Crippen LogP) is 5.60. The number of benzene rings is 2. The number of rotatable bonds is 22. The van der Waals surface area contributed by atoms with Gasteiger partial charge in [0.2, 0.25) is 23.5 Å². The van der Waals surface area contributed by atoms with Gasteiger partial charge in [-0.3, -0.25) is 28.8 Å². The van der Waals surface area contributed by atoms with E-state index in [4.69, 9.17) is 24.7 Å². The molecule has 1 aliphatic heterocycles. The Labute approximate surface area is 470 Å². The third-order valence-corrected chi connectivity index (χ3v) is 19.4. The lowest BCUT2D eigenvalue weighted by Gasteiger charge is -2.69. The number of carbonyl (C=O) groups excluding carboxylic acids is 7. The van der Waals surface area contributed by atoms with Crippen LogP contribution in [0.1, 0.15) is 108 Å². The van der Waals surface area contributed by atoms with Gasteiger partial charge in [-0.2, -0.15) is 0 Å². The van der Waals surface area contributed by atoms with Gasteiger partial charge in [0.15, 0.2) is 24.3 Å². The highest BCUT2D eigenvalue weighted by Crippen LogP contribution is 2.71. The van der Waals surface area contributed by atoms with Crippen LogP contribution in [0.25, 0.3) is 0 Å². The molecule has 7 fully saturated rings. The summed E-state index contributed by atoms with van der Waals surface area (Å²) in [5, 5.41) is 29.4. The van der Waals surface area contributed by atoms with Gasteiger partial charge in [0.1, 0.15) is 12.6 Å². The number of fused-ring (bicyclic) bond motifs is 7. The molecule has 20 nitrogen and oxygen atoms in total. The molecule has 1 heterocycles. The molecule has 0 aromatic heterocycles. The third kappa shape index (κ3) is 11.8. The van der Waals surface area contributed by atoms with Gasteiger partial charge in [-0.25, -0.2) is 9.59 Å². The lowest BCUT2D eigenvalue weighted by atomic mass is 9.38. The Morgan fingerprint density at radius 2 is 1.57 bits per heavy atom. The number of aliphatic hydroxyl groups is 1. The van der Waals surface area contributed by atoms with Crippen LogP contribution >= 0.6 is 11.8 Å². The Bertz CT molecular complexity index is 2800. The lowest BCUT2D eigenvalue weighted by Crippen LogP contribution is -2.72. The molecule has 10 atom stereocenters. The second-order valence-corrected chi connectivity index (χ2v) is 25.9. The number of ether oxygens (including phenoxy) is 4. The minimum absolute atomic E-state index is 0.0110. The van der Waals surface area contributed by atoms with Gasteiger partial charge in [0.25, 0.3) is 0 Å². The van der Waals surface area contributed by atoms with Crippen LogP contribution in [0.15, 0.2) is 72.3 Å². The number of ketones is 2. The molecule has 0 unspecified atom stereocenters. The summed E-state index contributed by atoms with van der Waals surface area (Å²) in [5.41, 5.74) is 7.51. The first-order valence-corrected chi connectivity index (χ1v) is 28.8. The van der Waals surface area contributed by atoms with Crippen LogP contribution < -0.4 is 21.7 Å². The topological polar surface area (TPSA) is 283 Å². The van der Waals surface area contributed by atoms with E-state index in [1.54, 1.807) is 36.4 Å². The number of anilines is 1. The second kappa shape index (κ2) is 23.0. The number of thioether (sulfide) groups is 1.